The number of aryl methyl sites for hydroxylation is 1. The van der Waals surface area contributed by atoms with Crippen molar-refractivity contribution in [3.63, 3.8) is 0 Å². The van der Waals surface area contributed by atoms with Crippen LogP contribution in [0, 0.1) is 0 Å². The van der Waals surface area contributed by atoms with E-state index >= 15 is 0 Å². The molecular formula is C27H23Br2Cl2N3O3. The van der Waals surface area contributed by atoms with Gasteiger partial charge in [0.15, 0.2) is 11.5 Å². The number of hydrogen-bond acceptors (Lipinski definition) is 5. The fourth-order valence-electron chi connectivity index (χ4n) is 3.68. The van der Waals surface area contributed by atoms with Gasteiger partial charge in [0, 0.05) is 26.5 Å². The zero-order chi connectivity index (χ0) is 26.5. The molecule has 0 aliphatic carbocycles. The summed E-state index contributed by atoms with van der Waals surface area (Å²) in [6.07, 6.45) is 4.12. The number of benzene rings is 3. The van der Waals surface area contributed by atoms with Crippen molar-refractivity contribution in [2.75, 3.05) is 7.11 Å². The van der Waals surface area contributed by atoms with E-state index in [1.165, 1.54) is 4.68 Å². The third-order valence-electron chi connectivity index (χ3n) is 5.59. The van der Waals surface area contributed by atoms with E-state index in [1.54, 1.807) is 37.6 Å². The van der Waals surface area contributed by atoms with Crippen molar-refractivity contribution >= 4 is 72.2 Å². The Morgan fingerprint density at radius 3 is 2.65 bits per heavy atom. The third-order valence-corrected chi connectivity index (χ3v) is 7.26. The number of unbranched alkanes of at least 4 members (excludes halogenated alkanes) is 1. The summed E-state index contributed by atoms with van der Waals surface area (Å²) < 4.78 is 14.4. The molecule has 4 aromatic rings. The highest BCUT2D eigenvalue weighted by atomic mass is 79.9. The molecule has 6 nitrogen and oxygen atoms in total. The lowest BCUT2D eigenvalue weighted by Crippen LogP contribution is -2.22. The van der Waals surface area contributed by atoms with Gasteiger partial charge in [0.25, 0.3) is 5.56 Å². The molecule has 37 heavy (non-hydrogen) atoms. The van der Waals surface area contributed by atoms with Crippen molar-refractivity contribution < 1.29 is 9.47 Å². The number of hydrogen-bond donors (Lipinski definition) is 0. The molecule has 10 heteroatoms. The van der Waals surface area contributed by atoms with Crippen LogP contribution in [-0.4, -0.2) is 23.0 Å². The van der Waals surface area contributed by atoms with Gasteiger partial charge in [-0.2, -0.15) is 9.78 Å². The second-order valence-electron chi connectivity index (χ2n) is 8.21. The number of methoxy groups -OCH3 is 1. The summed E-state index contributed by atoms with van der Waals surface area (Å²) >= 11 is 19.3. The van der Waals surface area contributed by atoms with Gasteiger partial charge in [-0.25, -0.2) is 4.98 Å². The molecule has 0 N–H and O–H groups in total. The molecule has 0 saturated carbocycles. The molecular weight excluding hydrogens is 645 g/mol. The van der Waals surface area contributed by atoms with Crippen LogP contribution in [0.4, 0.5) is 0 Å². The fourth-order valence-corrected chi connectivity index (χ4v) is 5.08. The minimum Gasteiger partial charge on any atom is -0.493 e. The zero-order valence-electron chi connectivity index (χ0n) is 20.1. The van der Waals surface area contributed by atoms with Crippen LogP contribution >= 0.6 is 55.1 Å². The molecule has 0 fully saturated rings. The topological polar surface area (TPSA) is 65.7 Å². The van der Waals surface area contributed by atoms with Crippen molar-refractivity contribution in [1.82, 2.24) is 9.66 Å². The Kier molecular flexibility index (Phi) is 9.29. The fraction of sp³-hybridized carbons (Fsp3) is 0.222. The lowest BCUT2D eigenvalue weighted by molar-refractivity contribution is 0.282. The minimum atomic E-state index is -0.223. The average molecular weight is 668 g/mol. The first-order valence-electron chi connectivity index (χ1n) is 11.5. The Labute approximate surface area is 241 Å². The van der Waals surface area contributed by atoms with Crippen molar-refractivity contribution in [2.45, 2.75) is 32.8 Å². The summed E-state index contributed by atoms with van der Waals surface area (Å²) in [6, 6.07) is 14.3. The van der Waals surface area contributed by atoms with E-state index in [0.29, 0.717) is 54.7 Å². The Balaban J connectivity index is 1.67. The van der Waals surface area contributed by atoms with Crippen LogP contribution in [0.1, 0.15) is 36.7 Å². The second kappa shape index (κ2) is 12.4. The molecule has 3 aromatic carbocycles. The predicted molar refractivity (Wildman–Crippen MR) is 157 cm³/mol. The van der Waals surface area contributed by atoms with E-state index in [4.69, 9.17) is 37.7 Å². The standard InChI is InChI=1S/C27H23Br2Cl2N3O3/c1-3-4-5-25-33-23-9-7-18(28)12-20(23)27(35)34(25)32-14-16-10-21(29)26(24(11-16)36-2)37-15-17-6-8-19(30)13-22(17)31/h6-14H,3-5,15H2,1-2H3. The van der Waals surface area contributed by atoms with Crippen LogP contribution in [0.15, 0.2) is 67.4 Å². The Hall–Kier alpha value is -2.39. The summed E-state index contributed by atoms with van der Waals surface area (Å²) in [6.45, 7) is 2.32. The smallest absolute Gasteiger partial charge is 0.282 e. The van der Waals surface area contributed by atoms with E-state index in [2.05, 4.69) is 43.9 Å². The maximum absolute atomic E-state index is 13.3. The van der Waals surface area contributed by atoms with E-state index < -0.39 is 0 Å². The quantitative estimate of drug-likeness (QED) is 0.170. The van der Waals surface area contributed by atoms with Gasteiger partial charge in [-0.15, -0.1) is 0 Å². The molecule has 0 aliphatic heterocycles. The van der Waals surface area contributed by atoms with Gasteiger partial charge < -0.3 is 9.47 Å². The largest absolute Gasteiger partial charge is 0.493 e. The van der Waals surface area contributed by atoms with Crippen molar-refractivity contribution in [1.29, 1.82) is 0 Å². The molecule has 0 amide bonds. The number of fused-ring (bicyclic) bond motifs is 1. The van der Waals surface area contributed by atoms with Gasteiger partial charge in [0.1, 0.15) is 12.4 Å². The maximum Gasteiger partial charge on any atom is 0.282 e. The Morgan fingerprint density at radius 2 is 1.92 bits per heavy atom. The molecule has 0 aliphatic rings. The molecule has 192 valence electrons. The summed E-state index contributed by atoms with van der Waals surface area (Å²) in [5, 5.41) is 6.10. The summed E-state index contributed by atoms with van der Waals surface area (Å²) in [7, 11) is 1.56. The van der Waals surface area contributed by atoms with Crippen LogP contribution in [0.3, 0.4) is 0 Å². The molecule has 0 unspecified atom stereocenters. The van der Waals surface area contributed by atoms with Crippen LogP contribution in [0.25, 0.3) is 10.9 Å². The highest BCUT2D eigenvalue weighted by Crippen LogP contribution is 2.37. The van der Waals surface area contributed by atoms with E-state index in [1.807, 2.05) is 24.3 Å². The number of ether oxygens (including phenoxy) is 2. The highest BCUT2D eigenvalue weighted by molar-refractivity contribution is 9.10. The third kappa shape index (κ3) is 6.55. The Bertz CT molecular complexity index is 1540. The molecule has 0 atom stereocenters. The summed E-state index contributed by atoms with van der Waals surface area (Å²) in [5.41, 5.74) is 1.93. The first-order chi connectivity index (χ1) is 17.8. The average Bonchev–Trinajstić information content (AvgIpc) is 2.87. The van der Waals surface area contributed by atoms with Gasteiger partial charge >= 0.3 is 0 Å². The predicted octanol–water partition coefficient (Wildman–Crippen LogP) is 8.04. The van der Waals surface area contributed by atoms with E-state index in [9.17, 15) is 4.79 Å². The van der Waals surface area contributed by atoms with Crippen LogP contribution < -0.4 is 15.0 Å². The van der Waals surface area contributed by atoms with Crippen LogP contribution in [0.2, 0.25) is 10.0 Å². The minimum absolute atomic E-state index is 0.223. The molecule has 1 heterocycles. The normalized spacial score (nSPS) is 11.4. The lowest BCUT2D eigenvalue weighted by atomic mass is 10.2. The molecule has 0 spiro atoms. The van der Waals surface area contributed by atoms with Crippen molar-refractivity contribution in [2.24, 2.45) is 5.10 Å². The van der Waals surface area contributed by atoms with Crippen molar-refractivity contribution in [3.8, 4) is 11.5 Å². The van der Waals surface area contributed by atoms with Gasteiger partial charge in [-0.1, -0.05) is 58.5 Å². The first kappa shape index (κ1) is 27.6. The maximum atomic E-state index is 13.3. The van der Waals surface area contributed by atoms with E-state index in [0.717, 1.165) is 22.9 Å². The number of nitrogens with zero attached hydrogens (tertiary/aromatic N) is 3. The zero-order valence-corrected chi connectivity index (χ0v) is 24.8. The van der Waals surface area contributed by atoms with Crippen LogP contribution in [-0.2, 0) is 13.0 Å². The van der Waals surface area contributed by atoms with Gasteiger partial charge in [-0.05, 0) is 70.4 Å². The first-order valence-corrected chi connectivity index (χ1v) is 13.8. The molecule has 0 saturated heterocycles. The van der Waals surface area contributed by atoms with Crippen molar-refractivity contribution in [3.05, 3.63) is 94.8 Å². The SMILES string of the molecule is CCCCc1nc2ccc(Br)cc2c(=O)n1N=Cc1cc(Br)c(OCc2ccc(Cl)cc2Cl)c(OC)c1. The monoisotopic (exact) mass is 665 g/mol. The molecule has 4 rings (SSSR count). The number of aromatic nitrogens is 2. The Morgan fingerprint density at radius 1 is 1.11 bits per heavy atom. The van der Waals surface area contributed by atoms with Gasteiger partial charge in [-0.3, -0.25) is 4.79 Å². The number of halogens is 4. The van der Waals surface area contributed by atoms with E-state index in [-0.39, 0.29) is 12.2 Å². The second-order valence-corrected chi connectivity index (χ2v) is 10.8. The number of rotatable bonds is 9. The molecule has 0 bridgehead atoms. The van der Waals surface area contributed by atoms with Gasteiger partial charge in [0.2, 0.25) is 0 Å². The van der Waals surface area contributed by atoms with Gasteiger partial charge in [0.05, 0.1) is 28.7 Å². The lowest BCUT2D eigenvalue weighted by Gasteiger charge is -2.14. The van der Waals surface area contributed by atoms with Crippen LogP contribution in [0.5, 0.6) is 11.5 Å². The highest BCUT2D eigenvalue weighted by Gasteiger charge is 2.14. The molecule has 0 radical (unpaired) electrons. The molecule has 1 aromatic heterocycles. The summed E-state index contributed by atoms with van der Waals surface area (Å²) in [4.78, 5) is 18.0. The summed E-state index contributed by atoms with van der Waals surface area (Å²) in [5.74, 6) is 1.63.